The second-order valence-electron chi connectivity index (χ2n) is 4.75. The number of benzene rings is 1. The average molecular weight is 274 g/mol. The zero-order valence-electron chi connectivity index (χ0n) is 12.1. The number of rotatable bonds is 7. The van der Waals surface area contributed by atoms with Crippen LogP contribution in [0, 0.1) is 5.92 Å². The summed E-state index contributed by atoms with van der Waals surface area (Å²) in [4.78, 5) is 22.6. The van der Waals surface area contributed by atoms with Crippen molar-refractivity contribution in [2.75, 3.05) is 6.54 Å². The number of hydrogen-bond acceptors (Lipinski definition) is 2. The molecule has 3 N–H and O–H groups in total. The second-order valence-corrected chi connectivity index (χ2v) is 4.75. The van der Waals surface area contributed by atoms with Crippen LogP contribution in [0.15, 0.2) is 30.3 Å². The van der Waals surface area contributed by atoms with Crippen molar-refractivity contribution in [3.63, 3.8) is 0 Å². The Bertz CT molecular complexity index is 474. The van der Waals surface area contributed by atoms with Crippen molar-refractivity contribution in [1.82, 2.24) is 5.32 Å². The first-order valence-corrected chi connectivity index (χ1v) is 6.92. The van der Waals surface area contributed by atoms with E-state index < -0.39 is 5.91 Å². The number of hydrogen-bond donors (Lipinski definition) is 2. The second kappa shape index (κ2) is 8.15. The minimum absolute atomic E-state index is 0.101. The molecule has 0 radical (unpaired) electrons. The summed E-state index contributed by atoms with van der Waals surface area (Å²) < 4.78 is 0. The van der Waals surface area contributed by atoms with E-state index in [1.54, 1.807) is 30.3 Å². The van der Waals surface area contributed by atoms with E-state index in [4.69, 9.17) is 5.73 Å². The molecule has 0 fully saturated rings. The smallest absolute Gasteiger partial charge is 0.248 e. The SMILES string of the molecule is CCC(CC)CNC(=O)/C=C/c1ccc(C(N)=O)cc1. The van der Waals surface area contributed by atoms with Gasteiger partial charge in [-0.2, -0.15) is 0 Å². The van der Waals surface area contributed by atoms with Gasteiger partial charge in [0.2, 0.25) is 11.8 Å². The lowest BCUT2D eigenvalue weighted by atomic mass is 10.0. The zero-order chi connectivity index (χ0) is 15.0. The van der Waals surface area contributed by atoms with E-state index in [9.17, 15) is 9.59 Å². The third-order valence-corrected chi connectivity index (χ3v) is 3.34. The number of primary amides is 1. The van der Waals surface area contributed by atoms with Crippen molar-refractivity contribution in [2.45, 2.75) is 26.7 Å². The molecule has 0 heterocycles. The summed E-state index contributed by atoms with van der Waals surface area (Å²) in [7, 11) is 0. The molecule has 0 aliphatic rings. The standard InChI is InChI=1S/C16H22N2O2/c1-3-12(4-2)11-18-15(19)10-7-13-5-8-14(9-6-13)16(17)20/h5-10,12H,3-4,11H2,1-2H3,(H2,17,20)(H,18,19)/b10-7+. The Labute approximate surface area is 120 Å². The fourth-order valence-corrected chi connectivity index (χ4v) is 1.81. The first kappa shape index (κ1) is 16.0. The quantitative estimate of drug-likeness (QED) is 0.749. The van der Waals surface area contributed by atoms with Crippen molar-refractivity contribution >= 4 is 17.9 Å². The molecule has 4 nitrogen and oxygen atoms in total. The molecule has 1 rings (SSSR count). The summed E-state index contributed by atoms with van der Waals surface area (Å²) >= 11 is 0. The zero-order valence-corrected chi connectivity index (χ0v) is 12.1. The molecule has 0 aliphatic heterocycles. The van der Waals surface area contributed by atoms with Crippen LogP contribution in [0.1, 0.15) is 42.6 Å². The predicted molar refractivity (Wildman–Crippen MR) is 81.1 cm³/mol. The van der Waals surface area contributed by atoms with Gasteiger partial charge in [-0.15, -0.1) is 0 Å². The van der Waals surface area contributed by atoms with E-state index in [0.29, 0.717) is 18.0 Å². The van der Waals surface area contributed by atoms with Crippen LogP contribution in [0.4, 0.5) is 0 Å². The third kappa shape index (κ3) is 5.26. The maximum absolute atomic E-state index is 11.7. The van der Waals surface area contributed by atoms with Gasteiger partial charge in [-0.1, -0.05) is 38.8 Å². The van der Waals surface area contributed by atoms with E-state index in [1.807, 2.05) is 0 Å². The Morgan fingerprint density at radius 2 is 1.80 bits per heavy atom. The highest BCUT2D eigenvalue weighted by atomic mass is 16.1. The Hall–Kier alpha value is -2.10. The summed E-state index contributed by atoms with van der Waals surface area (Å²) in [6, 6.07) is 6.80. The summed E-state index contributed by atoms with van der Waals surface area (Å²) in [5.41, 5.74) is 6.47. The van der Waals surface area contributed by atoms with E-state index in [0.717, 1.165) is 18.4 Å². The van der Waals surface area contributed by atoms with Gasteiger partial charge in [-0.05, 0) is 29.7 Å². The molecule has 0 saturated heterocycles. The molecule has 0 aliphatic carbocycles. The van der Waals surface area contributed by atoms with Gasteiger partial charge in [-0.3, -0.25) is 9.59 Å². The molecule has 2 amide bonds. The fraction of sp³-hybridized carbons (Fsp3) is 0.375. The van der Waals surface area contributed by atoms with Gasteiger partial charge in [0.25, 0.3) is 0 Å². The van der Waals surface area contributed by atoms with Crippen LogP contribution >= 0.6 is 0 Å². The summed E-state index contributed by atoms with van der Waals surface area (Å²) in [6.07, 6.45) is 5.35. The third-order valence-electron chi connectivity index (χ3n) is 3.34. The van der Waals surface area contributed by atoms with Gasteiger partial charge < -0.3 is 11.1 Å². The molecule has 0 bridgehead atoms. The molecule has 1 aromatic carbocycles. The maximum atomic E-state index is 11.7. The van der Waals surface area contributed by atoms with Crippen LogP contribution in [0.2, 0.25) is 0 Å². The number of carbonyl (C=O) groups is 2. The van der Waals surface area contributed by atoms with Crippen LogP contribution in [0.25, 0.3) is 6.08 Å². The van der Waals surface area contributed by atoms with E-state index in [-0.39, 0.29) is 5.91 Å². The molecule has 0 atom stereocenters. The molecule has 1 aromatic rings. The number of amides is 2. The molecule has 0 aromatic heterocycles. The van der Waals surface area contributed by atoms with Crippen LogP contribution < -0.4 is 11.1 Å². The number of carbonyl (C=O) groups excluding carboxylic acids is 2. The lowest BCUT2D eigenvalue weighted by Gasteiger charge is -2.11. The Balaban J connectivity index is 2.50. The molecular weight excluding hydrogens is 252 g/mol. The van der Waals surface area contributed by atoms with Gasteiger partial charge in [-0.25, -0.2) is 0 Å². The lowest BCUT2D eigenvalue weighted by molar-refractivity contribution is -0.116. The average Bonchev–Trinajstić information content (AvgIpc) is 2.46. The molecule has 0 unspecified atom stereocenters. The minimum atomic E-state index is -0.455. The van der Waals surface area contributed by atoms with E-state index >= 15 is 0 Å². The fourth-order valence-electron chi connectivity index (χ4n) is 1.81. The monoisotopic (exact) mass is 274 g/mol. The molecule has 0 saturated carbocycles. The van der Waals surface area contributed by atoms with Crippen molar-refractivity contribution in [3.8, 4) is 0 Å². The van der Waals surface area contributed by atoms with Crippen molar-refractivity contribution in [2.24, 2.45) is 11.7 Å². The van der Waals surface area contributed by atoms with Crippen molar-refractivity contribution in [3.05, 3.63) is 41.5 Å². The lowest BCUT2D eigenvalue weighted by Crippen LogP contribution is -2.27. The van der Waals surface area contributed by atoms with Gasteiger partial charge in [0.1, 0.15) is 0 Å². The van der Waals surface area contributed by atoms with E-state index in [1.165, 1.54) is 6.08 Å². The van der Waals surface area contributed by atoms with Gasteiger partial charge >= 0.3 is 0 Å². The first-order valence-electron chi connectivity index (χ1n) is 6.92. The Morgan fingerprint density at radius 3 is 2.30 bits per heavy atom. The predicted octanol–water partition coefficient (Wildman–Crippen LogP) is 2.35. The van der Waals surface area contributed by atoms with E-state index in [2.05, 4.69) is 19.2 Å². The van der Waals surface area contributed by atoms with Gasteiger partial charge in [0.15, 0.2) is 0 Å². The number of nitrogens with one attached hydrogen (secondary N) is 1. The molecule has 20 heavy (non-hydrogen) atoms. The number of nitrogens with two attached hydrogens (primary N) is 1. The first-order chi connectivity index (χ1) is 9.56. The summed E-state index contributed by atoms with van der Waals surface area (Å²) in [5.74, 6) is -0.0264. The van der Waals surface area contributed by atoms with Crippen LogP contribution in [0.3, 0.4) is 0 Å². The van der Waals surface area contributed by atoms with Gasteiger partial charge in [0, 0.05) is 18.2 Å². The minimum Gasteiger partial charge on any atom is -0.366 e. The largest absolute Gasteiger partial charge is 0.366 e. The van der Waals surface area contributed by atoms with Crippen molar-refractivity contribution in [1.29, 1.82) is 0 Å². The van der Waals surface area contributed by atoms with Crippen LogP contribution in [0.5, 0.6) is 0 Å². The Morgan fingerprint density at radius 1 is 1.20 bits per heavy atom. The van der Waals surface area contributed by atoms with Crippen molar-refractivity contribution < 1.29 is 9.59 Å². The van der Waals surface area contributed by atoms with Gasteiger partial charge in [0.05, 0.1) is 0 Å². The highest BCUT2D eigenvalue weighted by Crippen LogP contribution is 2.07. The maximum Gasteiger partial charge on any atom is 0.248 e. The highest BCUT2D eigenvalue weighted by Gasteiger charge is 2.04. The summed E-state index contributed by atoms with van der Waals surface area (Å²) in [6.45, 7) is 4.95. The topological polar surface area (TPSA) is 72.2 Å². The molecule has 4 heteroatoms. The van der Waals surface area contributed by atoms with Crippen LogP contribution in [-0.4, -0.2) is 18.4 Å². The molecule has 0 spiro atoms. The highest BCUT2D eigenvalue weighted by molar-refractivity contribution is 5.94. The van der Waals surface area contributed by atoms with Crippen LogP contribution in [-0.2, 0) is 4.79 Å². The normalized spacial score (nSPS) is 10.9. The molecular formula is C16H22N2O2. The molecule has 108 valence electrons. The Kier molecular flexibility index (Phi) is 6.50. The summed E-state index contributed by atoms with van der Waals surface area (Å²) in [5, 5.41) is 2.88.